The molecule has 2 aliphatic rings. The van der Waals surface area contributed by atoms with Crippen LogP contribution in [0, 0.1) is 5.92 Å². The van der Waals surface area contributed by atoms with Gasteiger partial charge in [-0.15, -0.1) is 0 Å². The quantitative estimate of drug-likeness (QED) is 0.735. The fraction of sp³-hybridized carbons (Fsp3) is 1.00. The van der Waals surface area contributed by atoms with Gasteiger partial charge in [-0.25, -0.2) is 0 Å². The van der Waals surface area contributed by atoms with Crippen LogP contribution in [0.5, 0.6) is 0 Å². The first-order valence-corrected chi connectivity index (χ1v) is 7.00. The summed E-state index contributed by atoms with van der Waals surface area (Å²) in [7, 11) is 0. The fourth-order valence-electron chi connectivity index (χ4n) is 2.87. The van der Waals surface area contributed by atoms with Crippen LogP contribution in [0.25, 0.3) is 0 Å². The molecule has 0 aromatic heterocycles. The maximum absolute atomic E-state index is 9.46. The minimum absolute atomic E-state index is 0.0525. The molecule has 1 saturated heterocycles. The highest BCUT2D eigenvalue weighted by atomic mass is 16.5. The van der Waals surface area contributed by atoms with Gasteiger partial charge < -0.3 is 15.2 Å². The topological polar surface area (TPSA) is 44.7 Å². The number of nitrogens with zero attached hydrogens (tertiary/aromatic N) is 1. The van der Waals surface area contributed by atoms with Crippen LogP contribution in [0.15, 0.2) is 0 Å². The molecule has 2 N–H and O–H groups in total. The number of aliphatic hydroxyl groups excluding tert-OH is 1. The number of aliphatic hydroxyl groups is 1. The van der Waals surface area contributed by atoms with E-state index in [1.165, 1.54) is 6.42 Å². The molecule has 1 aliphatic heterocycles. The van der Waals surface area contributed by atoms with Crippen LogP contribution in [0.1, 0.15) is 26.2 Å². The molecule has 1 heterocycles. The SMILES string of the molecule is CCN1CCOC(CNCC2CCC(O)C2)C1. The van der Waals surface area contributed by atoms with E-state index in [9.17, 15) is 5.11 Å². The summed E-state index contributed by atoms with van der Waals surface area (Å²) in [6.45, 7) is 8.29. The van der Waals surface area contributed by atoms with Crippen molar-refractivity contribution in [2.24, 2.45) is 5.92 Å². The highest BCUT2D eigenvalue weighted by molar-refractivity contribution is 4.78. The second kappa shape index (κ2) is 6.69. The summed E-state index contributed by atoms with van der Waals surface area (Å²) in [4.78, 5) is 2.44. The van der Waals surface area contributed by atoms with E-state index in [2.05, 4.69) is 17.1 Å². The Labute approximate surface area is 104 Å². The molecular weight excluding hydrogens is 216 g/mol. The summed E-state index contributed by atoms with van der Waals surface area (Å²) < 4.78 is 5.74. The first-order chi connectivity index (χ1) is 8.28. The smallest absolute Gasteiger partial charge is 0.0826 e. The Morgan fingerprint density at radius 2 is 2.24 bits per heavy atom. The van der Waals surface area contributed by atoms with Crippen LogP contribution < -0.4 is 5.32 Å². The van der Waals surface area contributed by atoms with Crippen LogP contribution in [0.4, 0.5) is 0 Å². The molecule has 3 atom stereocenters. The van der Waals surface area contributed by atoms with Gasteiger partial charge in [-0.05, 0) is 38.3 Å². The lowest BCUT2D eigenvalue weighted by atomic mass is 10.1. The molecule has 0 aromatic carbocycles. The zero-order valence-electron chi connectivity index (χ0n) is 10.9. The van der Waals surface area contributed by atoms with Gasteiger partial charge in [0.2, 0.25) is 0 Å². The zero-order valence-corrected chi connectivity index (χ0v) is 10.9. The number of rotatable bonds is 5. The van der Waals surface area contributed by atoms with Gasteiger partial charge in [-0.1, -0.05) is 6.92 Å². The predicted octanol–water partition coefficient (Wildman–Crippen LogP) is 0.458. The van der Waals surface area contributed by atoms with Crippen molar-refractivity contribution in [3.8, 4) is 0 Å². The van der Waals surface area contributed by atoms with Crippen molar-refractivity contribution >= 4 is 0 Å². The monoisotopic (exact) mass is 242 g/mol. The molecule has 4 heteroatoms. The summed E-state index contributed by atoms with van der Waals surface area (Å²) in [5.41, 5.74) is 0. The molecule has 0 amide bonds. The van der Waals surface area contributed by atoms with Gasteiger partial charge in [0.1, 0.15) is 0 Å². The predicted molar refractivity (Wildman–Crippen MR) is 68.1 cm³/mol. The average Bonchev–Trinajstić information content (AvgIpc) is 2.75. The number of ether oxygens (including phenoxy) is 1. The zero-order chi connectivity index (χ0) is 12.1. The second-order valence-corrected chi connectivity index (χ2v) is 5.38. The standard InChI is InChI=1S/C13H26N2O2/c1-2-15-5-6-17-13(10-15)9-14-8-11-3-4-12(16)7-11/h11-14,16H,2-10H2,1H3. The van der Waals surface area contributed by atoms with Gasteiger partial charge in [0, 0.05) is 19.6 Å². The number of nitrogens with one attached hydrogen (secondary N) is 1. The second-order valence-electron chi connectivity index (χ2n) is 5.38. The maximum Gasteiger partial charge on any atom is 0.0826 e. The summed E-state index contributed by atoms with van der Waals surface area (Å²) in [5, 5.41) is 13.0. The Bertz CT molecular complexity index is 225. The molecule has 1 saturated carbocycles. The van der Waals surface area contributed by atoms with Crippen molar-refractivity contribution < 1.29 is 9.84 Å². The molecule has 4 nitrogen and oxygen atoms in total. The largest absolute Gasteiger partial charge is 0.393 e. The van der Waals surface area contributed by atoms with Crippen molar-refractivity contribution in [2.75, 3.05) is 39.3 Å². The molecular formula is C13H26N2O2. The molecule has 0 bridgehead atoms. The van der Waals surface area contributed by atoms with Crippen molar-refractivity contribution in [1.82, 2.24) is 10.2 Å². The normalized spacial score (nSPS) is 35.3. The van der Waals surface area contributed by atoms with Gasteiger partial charge >= 0.3 is 0 Å². The molecule has 0 radical (unpaired) electrons. The van der Waals surface area contributed by atoms with Crippen molar-refractivity contribution in [3.05, 3.63) is 0 Å². The molecule has 17 heavy (non-hydrogen) atoms. The van der Waals surface area contributed by atoms with E-state index in [4.69, 9.17) is 4.74 Å². The average molecular weight is 242 g/mol. The number of hydrogen-bond donors (Lipinski definition) is 2. The van der Waals surface area contributed by atoms with E-state index in [1.807, 2.05) is 0 Å². The molecule has 0 spiro atoms. The van der Waals surface area contributed by atoms with Gasteiger partial charge in [-0.2, -0.15) is 0 Å². The van der Waals surface area contributed by atoms with Crippen LogP contribution in [-0.2, 0) is 4.74 Å². The van der Waals surface area contributed by atoms with Crippen molar-refractivity contribution in [2.45, 2.75) is 38.4 Å². The Kier molecular flexibility index (Phi) is 5.22. The van der Waals surface area contributed by atoms with Crippen molar-refractivity contribution in [3.63, 3.8) is 0 Å². The summed E-state index contributed by atoms with van der Waals surface area (Å²) in [6.07, 6.45) is 3.41. The Morgan fingerprint density at radius 3 is 2.94 bits per heavy atom. The van der Waals surface area contributed by atoms with Crippen LogP contribution in [0.3, 0.4) is 0 Å². The van der Waals surface area contributed by atoms with Gasteiger partial charge in [0.25, 0.3) is 0 Å². The van der Waals surface area contributed by atoms with Crippen LogP contribution >= 0.6 is 0 Å². The summed E-state index contributed by atoms with van der Waals surface area (Å²) >= 11 is 0. The third kappa shape index (κ3) is 4.21. The van der Waals surface area contributed by atoms with Gasteiger partial charge in [-0.3, -0.25) is 4.90 Å². The number of hydrogen-bond acceptors (Lipinski definition) is 4. The first-order valence-electron chi connectivity index (χ1n) is 7.00. The number of likely N-dealkylation sites (N-methyl/N-ethyl adjacent to an activating group) is 1. The van der Waals surface area contributed by atoms with E-state index < -0.39 is 0 Å². The molecule has 3 unspecified atom stereocenters. The van der Waals surface area contributed by atoms with Crippen molar-refractivity contribution in [1.29, 1.82) is 0 Å². The molecule has 100 valence electrons. The van der Waals surface area contributed by atoms with Crippen LogP contribution in [0.2, 0.25) is 0 Å². The molecule has 2 rings (SSSR count). The highest BCUT2D eigenvalue weighted by Gasteiger charge is 2.23. The third-order valence-electron chi connectivity index (χ3n) is 3.99. The molecule has 1 aliphatic carbocycles. The van der Waals surface area contributed by atoms with E-state index in [0.29, 0.717) is 12.0 Å². The lowest BCUT2D eigenvalue weighted by Gasteiger charge is -2.32. The Hall–Kier alpha value is -0.160. The lowest BCUT2D eigenvalue weighted by molar-refractivity contribution is -0.0255. The maximum atomic E-state index is 9.46. The number of morpholine rings is 1. The lowest BCUT2D eigenvalue weighted by Crippen LogP contribution is -2.46. The summed E-state index contributed by atoms with van der Waals surface area (Å²) in [5.74, 6) is 0.663. The van der Waals surface area contributed by atoms with E-state index >= 15 is 0 Å². The first kappa shape index (κ1) is 13.3. The molecule has 2 fully saturated rings. The third-order valence-corrected chi connectivity index (χ3v) is 3.99. The minimum Gasteiger partial charge on any atom is -0.393 e. The summed E-state index contributed by atoms with van der Waals surface area (Å²) in [6, 6.07) is 0. The Balaban J connectivity index is 1.58. The highest BCUT2D eigenvalue weighted by Crippen LogP contribution is 2.24. The van der Waals surface area contributed by atoms with Gasteiger partial charge in [0.05, 0.1) is 18.8 Å². The van der Waals surface area contributed by atoms with E-state index in [1.54, 1.807) is 0 Å². The minimum atomic E-state index is -0.0525. The van der Waals surface area contributed by atoms with Gasteiger partial charge in [0.15, 0.2) is 0 Å². The van der Waals surface area contributed by atoms with E-state index in [0.717, 1.165) is 52.2 Å². The fourth-order valence-corrected chi connectivity index (χ4v) is 2.87. The molecule has 0 aromatic rings. The van der Waals surface area contributed by atoms with Crippen LogP contribution in [-0.4, -0.2) is 61.5 Å². The van der Waals surface area contributed by atoms with E-state index in [-0.39, 0.29) is 6.10 Å². The Morgan fingerprint density at radius 1 is 1.35 bits per heavy atom.